The Kier molecular flexibility index (Phi) is 3.07. The number of fused-ring (bicyclic) bond motifs is 1. The first-order valence-corrected chi connectivity index (χ1v) is 5.62. The van der Waals surface area contributed by atoms with Gasteiger partial charge in [0.15, 0.2) is 0 Å². The summed E-state index contributed by atoms with van der Waals surface area (Å²) in [6.45, 7) is 2.18. The number of rotatable bonds is 4. The Hall–Kier alpha value is -1.28. The maximum atomic E-state index is 6.05. The Morgan fingerprint density at radius 1 is 1.33 bits per heavy atom. The van der Waals surface area contributed by atoms with Crippen molar-refractivity contribution in [1.82, 2.24) is 4.98 Å². The lowest BCUT2D eigenvalue weighted by Crippen LogP contribution is -2.22. The molecule has 0 unspecified atom stereocenters. The number of aromatic nitrogens is 1. The minimum atomic E-state index is 0.286. The molecule has 1 heterocycles. The van der Waals surface area contributed by atoms with Crippen LogP contribution in [-0.4, -0.2) is 11.0 Å². The molecule has 1 aromatic carbocycles. The third-order valence-corrected chi connectivity index (χ3v) is 2.82. The zero-order valence-corrected chi connectivity index (χ0v) is 9.16. The van der Waals surface area contributed by atoms with Crippen molar-refractivity contribution in [2.24, 2.45) is 5.73 Å². The lowest BCUT2D eigenvalue weighted by atomic mass is 10.0. The van der Waals surface area contributed by atoms with E-state index in [9.17, 15) is 0 Å². The first kappa shape index (κ1) is 10.2. The van der Waals surface area contributed by atoms with E-state index in [1.54, 1.807) is 0 Å². The van der Waals surface area contributed by atoms with E-state index in [-0.39, 0.29) is 6.04 Å². The summed E-state index contributed by atoms with van der Waals surface area (Å²) in [6, 6.07) is 8.66. The Labute approximate surface area is 90.5 Å². The summed E-state index contributed by atoms with van der Waals surface area (Å²) in [7, 11) is 0. The van der Waals surface area contributed by atoms with Gasteiger partial charge in [-0.25, -0.2) is 0 Å². The highest BCUT2D eigenvalue weighted by atomic mass is 14.7. The second-order valence-electron chi connectivity index (χ2n) is 4.11. The van der Waals surface area contributed by atoms with Gasteiger partial charge in [-0.05, 0) is 24.5 Å². The highest BCUT2D eigenvalue weighted by Crippen LogP contribution is 2.19. The van der Waals surface area contributed by atoms with Crippen LogP contribution in [0.1, 0.15) is 25.3 Å². The molecular weight excluding hydrogens is 184 g/mol. The zero-order chi connectivity index (χ0) is 10.7. The van der Waals surface area contributed by atoms with Gasteiger partial charge in [0.05, 0.1) is 0 Å². The Morgan fingerprint density at radius 2 is 2.13 bits per heavy atom. The van der Waals surface area contributed by atoms with Crippen LogP contribution in [0.15, 0.2) is 30.5 Å². The number of aromatic amines is 1. The van der Waals surface area contributed by atoms with Gasteiger partial charge in [0.25, 0.3) is 0 Å². The average Bonchev–Trinajstić information content (AvgIpc) is 2.62. The molecule has 1 aromatic heterocycles. The lowest BCUT2D eigenvalue weighted by molar-refractivity contribution is 0.602. The quantitative estimate of drug-likeness (QED) is 0.786. The van der Waals surface area contributed by atoms with Crippen LogP contribution >= 0.6 is 0 Å². The minimum absolute atomic E-state index is 0.286. The monoisotopic (exact) mass is 202 g/mol. The second kappa shape index (κ2) is 4.49. The summed E-state index contributed by atoms with van der Waals surface area (Å²) >= 11 is 0. The summed E-state index contributed by atoms with van der Waals surface area (Å²) < 4.78 is 0. The molecule has 80 valence electrons. The molecule has 1 atom stereocenters. The third-order valence-electron chi connectivity index (χ3n) is 2.82. The molecule has 0 aliphatic rings. The standard InChI is InChI=1S/C13H18N2/c1-2-5-11(14)8-10-9-15-13-7-4-3-6-12(10)13/h3-4,6-7,9,11,15H,2,5,8,14H2,1H3/t11-/m0/s1. The summed E-state index contributed by atoms with van der Waals surface area (Å²) in [4.78, 5) is 3.28. The van der Waals surface area contributed by atoms with Crippen LogP contribution in [0.4, 0.5) is 0 Å². The second-order valence-corrected chi connectivity index (χ2v) is 4.11. The summed E-state index contributed by atoms with van der Waals surface area (Å²) in [5.74, 6) is 0. The first-order valence-electron chi connectivity index (χ1n) is 5.62. The van der Waals surface area contributed by atoms with Crippen LogP contribution in [0.5, 0.6) is 0 Å². The van der Waals surface area contributed by atoms with Crippen molar-refractivity contribution in [2.75, 3.05) is 0 Å². The maximum Gasteiger partial charge on any atom is 0.0456 e. The molecule has 2 rings (SSSR count). The number of nitrogens with two attached hydrogens (primary N) is 1. The van der Waals surface area contributed by atoms with Crippen LogP contribution < -0.4 is 5.73 Å². The highest BCUT2D eigenvalue weighted by Gasteiger charge is 2.07. The molecule has 0 aliphatic carbocycles. The van der Waals surface area contributed by atoms with Crippen molar-refractivity contribution in [3.8, 4) is 0 Å². The van der Waals surface area contributed by atoms with Crippen molar-refractivity contribution in [2.45, 2.75) is 32.2 Å². The number of para-hydroxylation sites is 1. The van der Waals surface area contributed by atoms with Crippen LogP contribution in [0.2, 0.25) is 0 Å². The third kappa shape index (κ3) is 2.21. The van der Waals surface area contributed by atoms with Crippen LogP contribution in [0.3, 0.4) is 0 Å². The smallest absolute Gasteiger partial charge is 0.0456 e. The van der Waals surface area contributed by atoms with Gasteiger partial charge in [-0.2, -0.15) is 0 Å². The van der Waals surface area contributed by atoms with E-state index in [1.807, 2.05) is 0 Å². The SMILES string of the molecule is CCC[C@H](N)Cc1c[nH]c2ccccc12. The fourth-order valence-electron chi connectivity index (χ4n) is 2.06. The number of hydrogen-bond donors (Lipinski definition) is 2. The van der Waals surface area contributed by atoms with Crippen molar-refractivity contribution in [1.29, 1.82) is 0 Å². The number of hydrogen-bond acceptors (Lipinski definition) is 1. The minimum Gasteiger partial charge on any atom is -0.361 e. The van der Waals surface area contributed by atoms with E-state index in [0.717, 1.165) is 19.3 Å². The largest absolute Gasteiger partial charge is 0.361 e. The Balaban J connectivity index is 2.21. The van der Waals surface area contributed by atoms with E-state index < -0.39 is 0 Å². The predicted octanol–water partition coefficient (Wildman–Crippen LogP) is 2.84. The molecule has 0 bridgehead atoms. The van der Waals surface area contributed by atoms with Gasteiger partial charge in [-0.15, -0.1) is 0 Å². The molecule has 2 nitrogen and oxygen atoms in total. The molecular formula is C13H18N2. The first-order chi connectivity index (χ1) is 7.31. The van der Waals surface area contributed by atoms with Gasteiger partial charge >= 0.3 is 0 Å². The van der Waals surface area contributed by atoms with E-state index in [2.05, 4.69) is 42.4 Å². The molecule has 0 saturated heterocycles. The van der Waals surface area contributed by atoms with Gasteiger partial charge in [0, 0.05) is 23.1 Å². The number of nitrogens with one attached hydrogen (secondary N) is 1. The van der Waals surface area contributed by atoms with Crippen molar-refractivity contribution < 1.29 is 0 Å². The molecule has 3 N–H and O–H groups in total. The van der Waals surface area contributed by atoms with Gasteiger partial charge in [-0.3, -0.25) is 0 Å². The predicted molar refractivity (Wildman–Crippen MR) is 64.9 cm³/mol. The fourth-order valence-corrected chi connectivity index (χ4v) is 2.06. The van der Waals surface area contributed by atoms with E-state index in [4.69, 9.17) is 5.73 Å². The van der Waals surface area contributed by atoms with Gasteiger partial charge < -0.3 is 10.7 Å². The molecule has 2 heteroatoms. The zero-order valence-electron chi connectivity index (χ0n) is 9.16. The lowest BCUT2D eigenvalue weighted by Gasteiger charge is -2.08. The fraction of sp³-hybridized carbons (Fsp3) is 0.385. The highest BCUT2D eigenvalue weighted by molar-refractivity contribution is 5.83. The molecule has 0 spiro atoms. The molecule has 2 aromatic rings. The van der Waals surface area contributed by atoms with E-state index in [0.29, 0.717) is 0 Å². The Bertz CT molecular complexity index is 431. The molecule has 0 saturated carbocycles. The molecule has 0 aliphatic heterocycles. The number of benzene rings is 1. The summed E-state index contributed by atoms with van der Waals surface area (Å²) in [6.07, 6.45) is 5.31. The van der Waals surface area contributed by atoms with Crippen molar-refractivity contribution >= 4 is 10.9 Å². The van der Waals surface area contributed by atoms with Gasteiger partial charge in [0.2, 0.25) is 0 Å². The van der Waals surface area contributed by atoms with Gasteiger partial charge in [-0.1, -0.05) is 31.5 Å². The average molecular weight is 202 g/mol. The normalized spacial score (nSPS) is 13.2. The van der Waals surface area contributed by atoms with E-state index in [1.165, 1.54) is 16.5 Å². The van der Waals surface area contributed by atoms with Gasteiger partial charge in [0.1, 0.15) is 0 Å². The molecule has 0 amide bonds. The van der Waals surface area contributed by atoms with Crippen LogP contribution in [0.25, 0.3) is 10.9 Å². The van der Waals surface area contributed by atoms with Crippen LogP contribution in [-0.2, 0) is 6.42 Å². The summed E-state index contributed by atoms with van der Waals surface area (Å²) in [5.41, 5.74) is 8.60. The Morgan fingerprint density at radius 3 is 2.93 bits per heavy atom. The molecule has 0 fully saturated rings. The molecule has 0 radical (unpaired) electrons. The summed E-state index contributed by atoms with van der Waals surface area (Å²) in [5, 5.41) is 1.31. The van der Waals surface area contributed by atoms with Crippen molar-refractivity contribution in [3.05, 3.63) is 36.0 Å². The van der Waals surface area contributed by atoms with Crippen LogP contribution in [0, 0.1) is 0 Å². The van der Waals surface area contributed by atoms with E-state index >= 15 is 0 Å². The maximum absolute atomic E-state index is 6.05. The van der Waals surface area contributed by atoms with Crippen molar-refractivity contribution in [3.63, 3.8) is 0 Å². The topological polar surface area (TPSA) is 41.8 Å². The molecule has 15 heavy (non-hydrogen) atoms. The number of H-pyrrole nitrogens is 1.